The van der Waals surface area contributed by atoms with Gasteiger partial charge in [-0.25, -0.2) is 0 Å². The van der Waals surface area contributed by atoms with Crippen molar-refractivity contribution >= 4 is 23.2 Å². The third-order valence-corrected chi connectivity index (χ3v) is 3.67. The topological polar surface area (TPSA) is 44.1 Å². The van der Waals surface area contributed by atoms with Crippen LogP contribution < -0.4 is 0 Å². The van der Waals surface area contributed by atoms with Crippen LogP contribution in [-0.4, -0.2) is 23.1 Å². The molecule has 3 nitrogen and oxygen atoms in total. The molecule has 86 valence electrons. The largest absolute Gasteiger partial charge is 0.305 e. The van der Waals surface area contributed by atoms with Crippen LogP contribution in [-0.2, 0) is 4.79 Å². The van der Waals surface area contributed by atoms with Crippen LogP contribution >= 0.6 is 11.8 Å². The average molecular weight is 244 g/mol. The van der Waals surface area contributed by atoms with E-state index in [9.17, 15) is 10.1 Å². The normalized spacial score (nSPS) is 18.1. The molecule has 0 aromatic heterocycles. The quantitative estimate of drug-likeness (QED) is 0.751. The van der Waals surface area contributed by atoms with Gasteiger partial charge in [0.05, 0.1) is 16.4 Å². The predicted molar refractivity (Wildman–Crippen MR) is 68.8 cm³/mol. The first-order valence-corrected chi connectivity index (χ1v) is 6.39. The standard InChI is InChI=1S/C13H12N2OS/c1-2-15-12(16)9-17-13(15)11(8-14)10-6-4-3-5-7-10/h3-7H,2,9H2,1H3/b13-11-. The van der Waals surface area contributed by atoms with E-state index in [4.69, 9.17) is 0 Å². The summed E-state index contributed by atoms with van der Waals surface area (Å²) in [6.45, 7) is 2.53. The minimum Gasteiger partial charge on any atom is -0.305 e. The van der Waals surface area contributed by atoms with E-state index in [1.807, 2.05) is 37.3 Å². The fourth-order valence-corrected chi connectivity index (χ4v) is 2.88. The summed E-state index contributed by atoms with van der Waals surface area (Å²) in [4.78, 5) is 13.3. The van der Waals surface area contributed by atoms with Crippen LogP contribution in [0.3, 0.4) is 0 Å². The van der Waals surface area contributed by atoms with Gasteiger partial charge in [0.25, 0.3) is 0 Å². The maximum Gasteiger partial charge on any atom is 0.237 e. The van der Waals surface area contributed by atoms with Crippen molar-refractivity contribution in [1.82, 2.24) is 4.90 Å². The van der Waals surface area contributed by atoms with Crippen molar-refractivity contribution in [3.05, 3.63) is 40.9 Å². The van der Waals surface area contributed by atoms with E-state index in [2.05, 4.69) is 6.07 Å². The van der Waals surface area contributed by atoms with Gasteiger partial charge in [-0.2, -0.15) is 5.26 Å². The Morgan fingerprint density at radius 1 is 1.47 bits per heavy atom. The van der Waals surface area contributed by atoms with Crippen LogP contribution in [0.15, 0.2) is 35.4 Å². The van der Waals surface area contributed by atoms with Gasteiger partial charge in [-0.3, -0.25) is 4.79 Å². The maximum atomic E-state index is 11.6. The summed E-state index contributed by atoms with van der Waals surface area (Å²) >= 11 is 1.44. The van der Waals surface area contributed by atoms with Gasteiger partial charge in [0.1, 0.15) is 6.07 Å². The summed E-state index contributed by atoms with van der Waals surface area (Å²) in [7, 11) is 0. The van der Waals surface area contributed by atoms with Crippen LogP contribution in [0.2, 0.25) is 0 Å². The Morgan fingerprint density at radius 3 is 2.76 bits per heavy atom. The number of nitriles is 1. The van der Waals surface area contributed by atoms with Gasteiger partial charge in [-0.05, 0) is 12.5 Å². The van der Waals surface area contributed by atoms with E-state index in [-0.39, 0.29) is 5.91 Å². The minimum absolute atomic E-state index is 0.0798. The molecular formula is C13H12N2OS. The monoisotopic (exact) mass is 244 g/mol. The highest BCUT2D eigenvalue weighted by Gasteiger charge is 2.28. The molecule has 4 heteroatoms. The number of allylic oxidation sites excluding steroid dienone is 1. The van der Waals surface area contributed by atoms with E-state index in [0.717, 1.165) is 10.6 Å². The Kier molecular flexibility index (Phi) is 3.50. The molecule has 1 fully saturated rings. The predicted octanol–water partition coefficient (Wildman–Crippen LogP) is 2.47. The van der Waals surface area contributed by atoms with Crippen molar-refractivity contribution < 1.29 is 4.79 Å². The van der Waals surface area contributed by atoms with E-state index in [1.54, 1.807) is 4.90 Å². The van der Waals surface area contributed by atoms with E-state index in [1.165, 1.54) is 11.8 Å². The molecule has 1 saturated heterocycles. The fraction of sp³-hybridized carbons (Fsp3) is 0.231. The second-order valence-electron chi connectivity index (χ2n) is 3.58. The number of thioether (sulfide) groups is 1. The first kappa shape index (κ1) is 11.7. The number of carbonyl (C=O) groups is 1. The molecule has 0 aliphatic carbocycles. The molecule has 0 spiro atoms. The van der Waals surface area contributed by atoms with Gasteiger partial charge >= 0.3 is 0 Å². The number of hydrogen-bond acceptors (Lipinski definition) is 3. The van der Waals surface area contributed by atoms with Gasteiger partial charge in [0, 0.05) is 6.54 Å². The molecule has 0 N–H and O–H groups in total. The van der Waals surface area contributed by atoms with Crippen LogP contribution in [0.5, 0.6) is 0 Å². The number of amides is 1. The lowest BCUT2D eigenvalue weighted by Crippen LogP contribution is -2.24. The molecule has 1 aromatic rings. The molecule has 0 radical (unpaired) electrons. The Labute approximate surface area is 105 Å². The van der Waals surface area contributed by atoms with Crippen LogP contribution in [0.25, 0.3) is 5.57 Å². The van der Waals surface area contributed by atoms with E-state index in [0.29, 0.717) is 17.9 Å². The molecule has 17 heavy (non-hydrogen) atoms. The number of benzene rings is 1. The minimum atomic E-state index is 0.0798. The first-order valence-electron chi connectivity index (χ1n) is 5.41. The van der Waals surface area contributed by atoms with Crippen LogP contribution in [0.4, 0.5) is 0 Å². The van der Waals surface area contributed by atoms with Crippen LogP contribution in [0, 0.1) is 11.3 Å². The SMILES string of the molecule is CCN1C(=O)CS/C1=C(/C#N)c1ccccc1. The fourth-order valence-electron chi connectivity index (χ4n) is 1.77. The summed E-state index contributed by atoms with van der Waals surface area (Å²) in [6, 6.07) is 11.7. The third-order valence-electron chi connectivity index (χ3n) is 2.58. The lowest BCUT2D eigenvalue weighted by Gasteiger charge is -2.15. The molecule has 2 rings (SSSR count). The molecule has 1 heterocycles. The lowest BCUT2D eigenvalue weighted by atomic mass is 10.1. The molecule has 1 aromatic carbocycles. The summed E-state index contributed by atoms with van der Waals surface area (Å²) < 4.78 is 0. The van der Waals surface area contributed by atoms with Crippen molar-refractivity contribution in [2.24, 2.45) is 0 Å². The second-order valence-corrected chi connectivity index (χ2v) is 4.55. The maximum absolute atomic E-state index is 11.6. The van der Waals surface area contributed by atoms with Crippen molar-refractivity contribution in [1.29, 1.82) is 5.26 Å². The summed E-state index contributed by atoms with van der Waals surface area (Å²) in [6.07, 6.45) is 0. The summed E-state index contributed by atoms with van der Waals surface area (Å²) in [5.41, 5.74) is 1.45. The first-order chi connectivity index (χ1) is 8.27. The Bertz CT molecular complexity index is 502. The number of hydrogen-bond donors (Lipinski definition) is 0. The zero-order valence-electron chi connectivity index (χ0n) is 9.51. The smallest absolute Gasteiger partial charge is 0.237 e. The Balaban J connectivity index is 2.49. The molecule has 1 aliphatic heterocycles. The zero-order chi connectivity index (χ0) is 12.3. The number of carbonyl (C=O) groups excluding carboxylic acids is 1. The molecule has 1 amide bonds. The molecular weight excluding hydrogens is 232 g/mol. The summed E-state index contributed by atoms with van der Waals surface area (Å²) in [5.74, 6) is 0.512. The van der Waals surface area contributed by atoms with Crippen molar-refractivity contribution in [3.63, 3.8) is 0 Å². The van der Waals surface area contributed by atoms with Gasteiger partial charge in [-0.1, -0.05) is 42.1 Å². The average Bonchev–Trinajstić information content (AvgIpc) is 2.73. The van der Waals surface area contributed by atoms with Gasteiger partial charge < -0.3 is 4.90 Å². The Morgan fingerprint density at radius 2 is 2.18 bits per heavy atom. The van der Waals surface area contributed by atoms with Crippen molar-refractivity contribution in [2.75, 3.05) is 12.3 Å². The van der Waals surface area contributed by atoms with Crippen molar-refractivity contribution in [2.45, 2.75) is 6.92 Å². The molecule has 0 bridgehead atoms. The highest BCUT2D eigenvalue weighted by Crippen LogP contribution is 2.34. The van der Waals surface area contributed by atoms with Gasteiger partial charge in [-0.15, -0.1) is 0 Å². The number of rotatable bonds is 2. The van der Waals surface area contributed by atoms with E-state index < -0.39 is 0 Å². The second kappa shape index (κ2) is 5.07. The third kappa shape index (κ3) is 2.20. The molecule has 1 aliphatic rings. The van der Waals surface area contributed by atoms with Crippen LogP contribution in [0.1, 0.15) is 12.5 Å². The van der Waals surface area contributed by atoms with Crippen molar-refractivity contribution in [3.8, 4) is 6.07 Å². The highest BCUT2D eigenvalue weighted by atomic mass is 32.2. The Hall–Kier alpha value is -1.73. The highest BCUT2D eigenvalue weighted by molar-refractivity contribution is 8.04. The molecule has 0 atom stereocenters. The lowest BCUT2D eigenvalue weighted by molar-refractivity contribution is -0.125. The zero-order valence-corrected chi connectivity index (χ0v) is 10.3. The molecule has 0 unspecified atom stereocenters. The summed E-state index contributed by atoms with van der Waals surface area (Å²) in [5, 5.41) is 10.1. The van der Waals surface area contributed by atoms with Gasteiger partial charge in [0.15, 0.2) is 0 Å². The van der Waals surface area contributed by atoms with E-state index >= 15 is 0 Å². The number of nitrogens with zero attached hydrogens (tertiary/aromatic N) is 2. The molecule has 0 saturated carbocycles. The van der Waals surface area contributed by atoms with Gasteiger partial charge in [0.2, 0.25) is 5.91 Å².